The third-order valence-electron chi connectivity index (χ3n) is 2.76. The van der Waals surface area contributed by atoms with Crippen molar-refractivity contribution in [2.24, 2.45) is 5.92 Å². The molecule has 1 unspecified atom stereocenters. The van der Waals surface area contributed by atoms with Gasteiger partial charge in [0.05, 0.1) is 5.25 Å². The molecule has 1 rings (SSSR count). The van der Waals surface area contributed by atoms with E-state index in [0.717, 1.165) is 37.4 Å². The summed E-state index contributed by atoms with van der Waals surface area (Å²) in [6, 6.07) is 0. The smallest absolute Gasteiger partial charge is 0.322 e. The Balaban J connectivity index is 2.31. The van der Waals surface area contributed by atoms with Gasteiger partial charge in [-0.1, -0.05) is 24.6 Å². The Morgan fingerprint density at radius 2 is 1.94 bits per heavy atom. The third-order valence-corrected chi connectivity index (χ3v) is 3.90. The van der Waals surface area contributed by atoms with Crippen molar-refractivity contribution >= 4 is 28.8 Å². The SMILES string of the molecule is CC(SC(=O)C1CCCC1)C(=O)NCC(=O)O. The van der Waals surface area contributed by atoms with E-state index in [1.807, 2.05) is 0 Å². The van der Waals surface area contributed by atoms with Gasteiger partial charge in [-0.25, -0.2) is 0 Å². The van der Waals surface area contributed by atoms with Crippen molar-refractivity contribution in [1.82, 2.24) is 5.32 Å². The summed E-state index contributed by atoms with van der Waals surface area (Å²) in [7, 11) is 0. The lowest BCUT2D eigenvalue weighted by molar-refractivity contribution is -0.137. The van der Waals surface area contributed by atoms with Crippen LogP contribution in [0.25, 0.3) is 0 Å². The Morgan fingerprint density at radius 3 is 2.47 bits per heavy atom. The molecule has 0 aliphatic heterocycles. The van der Waals surface area contributed by atoms with Crippen LogP contribution in [0.15, 0.2) is 0 Å². The highest BCUT2D eigenvalue weighted by atomic mass is 32.2. The molecule has 1 fully saturated rings. The molecule has 1 aliphatic carbocycles. The minimum atomic E-state index is -1.09. The highest BCUT2D eigenvalue weighted by Gasteiger charge is 2.26. The zero-order valence-corrected chi connectivity index (χ0v) is 10.6. The average molecular weight is 259 g/mol. The molecule has 0 saturated heterocycles. The van der Waals surface area contributed by atoms with E-state index >= 15 is 0 Å². The maximum atomic E-state index is 11.8. The number of carbonyl (C=O) groups is 3. The molecule has 1 aliphatic rings. The fourth-order valence-corrected chi connectivity index (χ4v) is 2.76. The molecule has 17 heavy (non-hydrogen) atoms. The Labute approximate surface area is 104 Å². The van der Waals surface area contributed by atoms with Crippen molar-refractivity contribution in [3.63, 3.8) is 0 Å². The zero-order chi connectivity index (χ0) is 12.8. The molecule has 0 radical (unpaired) electrons. The molecular formula is C11H17NO4S. The van der Waals surface area contributed by atoms with E-state index < -0.39 is 23.7 Å². The van der Waals surface area contributed by atoms with Gasteiger partial charge in [0, 0.05) is 5.92 Å². The second kappa shape index (κ2) is 6.64. The van der Waals surface area contributed by atoms with Crippen LogP contribution in [0.2, 0.25) is 0 Å². The molecule has 1 amide bonds. The fraction of sp³-hybridized carbons (Fsp3) is 0.727. The van der Waals surface area contributed by atoms with Gasteiger partial charge in [-0.15, -0.1) is 0 Å². The molecule has 0 bridgehead atoms. The number of carbonyl (C=O) groups excluding carboxylic acids is 2. The molecule has 96 valence electrons. The molecule has 1 saturated carbocycles. The fourth-order valence-electron chi connectivity index (χ4n) is 1.79. The Hall–Kier alpha value is -1.04. The quantitative estimate of drug-likeness (QED) is 0.770. The van der Waals surface area contributed by atoms with Gasteiger partial charge in [-0.2, -0.15) is 0 Å². The van der Waals surface area contributed by atoms with Crippen molar-refractivity contribution in [1.29, 1.82) is 0 Å². The number of rotatable bonds is 5. The van der Waals surface area contributed by atoms with Gasteiger partial charge in [0.2, 0.25) is 5.91 Å². The lowest BCUT2D eigenvalue weighted by Crippen LogP contribution is -2.35. The highest BCUT2D eigenvalue weighted by molar-refractivity contribution is 8.14. The number of nitrogens with one attached hydrogen (secondary N) is 1. The van der Waals surface area contributed by atoms with Crippen LogP contribution in [-0.4, -0.2) is 33.9 Å². The maximum Gasteiger partial charge on any atom is 0.322 e. The molecule has 0 heterocycles. The molecule has 2 N–H and O–H groups in total. The monoisotopic (exact) mass is 259 g/mol. The second-order valence-electron chi connectivity index (χ2n) is 4.17. The molecule has 0 aromatic rings. The summed E-state index contributed by atoms with van der Waals surface area (Å²) in [4.78, 5) is 33.5. The van der Waals surface area contributed by atoms with E-state index in [0.29, 0.717) is 0 Å². The number of thioether (sulfide) groups is 1. The van der Waals surface area contributed by atoms with E-state index in [9.17, 15) is 14.4 Å². The zero-order valence-electron chi connectivity index (χ0n) is 9.77. The average Bonchev–Trinajstić information content (AvgIpc) is 2.78. The summed E-state index contributed by atoms with van der Waals surface area (Å²) in [5, 5.41) is 10.2. The molecular weight excluding hydrogens is 242 g/mol. The van der Waals surface area contributed by atoms with Crippen LogP contribution in [0.5, 0.6) is 0 Å². The first-order valence-electron chi connectivity index (χ1n) is 5.70. The Bertz CT molecular complexity index is 313. The van der Waals surface area contributed by atoms with Gasteiger partial charge in [0.25, 0.3) is 0 Å². The van der Waals surface area contributed by atoms with E-state index in [1.165, 1.54) is 0 Å². The number of carboxylic acids is 1. The van der Waals surface area contributed by atoms with Crippen molar-refractivity contribution in [2.45, 2.75) is 37.9 Å². The normalized spacial score (nSPS) is 17.7. The van der Waals surface area contributed by atoms with Gasteiger partial charge in [0.1, 0.15) is 6.54 Å². The van der Waals surface area contributed by atoms with E-state index in [1.54, 1.807) is 6.92 Å². The van der Waals surface area contributed by atoms with Crippen molar-refractivity contribution < 1.29 is 19.5 Å². The molecule has 0 spiro atoms. The van der Waals surface area contributed by atoms with Gasteiger partial charge in [-0.05, 0) is 19.8 Å². The van der Waals surface area contributed by atoms with Crippen LogP contribution in [0.4, 0.5) is 0 Å². The van der Waals surface area contributed by atoms with Gasteiger partial charge < -0.3 is 10.4 Å². The standard InChI is InChI=1S/C11H17NO4S/c1-7(10(15)12-6-9(13)14)17-11(16)8-4-2-3-5-8/h7-8H,2-6H2,1H3,(H,12,15)(H,13,14). The number of carboxylic acid groups (broad SMARTS) is 1. The van der Waals surface area contributed by atoms with E-state index in [-0.39, 0.29) is 11.0 Å². The molecule has 0 aromatic carbocycles. The summed E-state index contributed by atoms with van der Waals surface area (Å²) in [6.07, 6.45) is 3.98. The Morgan fingerprint density at radius 1 is 1.35 bits per heavy atom. The van der Waals surface area contributed by atoms with Crippen LogP contribution in [0, 0.1) is 5.92 Å². The van der Waals surface area contributed by atoms with Crippen LogP contribution in [-0.2, 0) is 14.4 Å². The maximum absolute atomic E-state index is 11.8. The number of amides is 1. The number of hydrogen-bond donors (Lipinski definition) is 2. The minimum absolute atomic E-state index is 0.0560. The van der Waals surface area contributed by atoms with Crippen molar-refractivity contribution in [3.8, 4) is 0 Å². The molecule has 5 nitrogen and oxygen atoms in total. The van der Waals surface area contributed by atoms with Crippen LogP contribution in [0.3, 0.4) is 0 Å². The first-order chi connectivity index (χ1) is 8.00. The lowest BCUT2D eigenvalue weighted by Gasteiger charge is -2.12. The topological polar surface area (TPSA) is 83.5 Å². The molecule has 0 aromatic heterocycles. The molecule has 1 atom stereocenters. The first kappa shape index (κ1) is 14.0. The van der Waals surface area contributed by atoms with Crippen LogP contribution < -0.4 is 5.32 Å². The van der Waals surface area contributed by atoms with E-state index in [4.69, 9.17) is 5.11 Å². The van der Waals surface area contributed by atoms with Crippen LogP contribution >= 0.6 is 11.8 Å². The summed E-state index contributed by atoms with van der Waals surface area (Å²) in [5.41, 5.74) is 0. The number of hydrogen-bond acceptors (Lipinski definition) is 4. The summed E-state index contributed by atoms with van der Waals surface area (Å²) in [5.74, 6) is -1.41. The summed E-state index contributed by atoms with van der Waals surface area (Å²) < 4.78 is 0. The summed E-state index contributed by atoms with van der Waals surface area (Å²) in [6.45, 7) is 1.22. The minimum Gasteiger partial charge on any atom is -0.480 e. The second-order valence-corrected chi connectivity index (χ2v) is 5.52. The van der Waals surface area contributed by atoms with Gasteiger partial charge in [0.15, 0.2) is 5.12 Å². The largest absolute Gasteiger partial charge is 0.480 e. The van der Waals surface area contributed by atoms with Gasteiger partial charge >= 0.3 is 5.97 Å². The van der Waals surface area contributed by atoms with Crippen molar-refractivity contribution in [2.75, 3.05) is 6.54 Å². The third kappa shape index (κ3) is 4.77. The first-order valence-corrected chi connectivity index (χ1v) is 6.58. The van der Waals surface area contributed by atoms with Crippen LogP contribution in [0.1, 0.15) is 32.6 Å². The summed E-state index contributed by atoms with van der Waals surface area (Å²) >= 11 is 1.01. The lowest BCUT2D eigenvalue weighted by atomic mass is 10.1. The molecule has 6 heteroatoms. The Kier molecular flexibility index (Phi) is 5.47. The predicted octanol–water partition coefficient (Wildman–Crippen LogP) is 1.03. The van der Waals surface area contributed by atoms with E-state index in [2.05, 4.69) is 5.32 Å². The van der Waals surface area contributed by atoms with Gasteiger partial charge in [-0.3, -0.25) is 14.4 Å². The highest BCUT2D eigenvalue weighted by Crippen LogP contribution is 2.30. The number of aliphatic carboxylic acids is 1. The van der Waals surface area contributed by atoms with Crippen molar-refractivity contribution in [3.05, 3.63) is 0 Å². The predicted molar refractivity (Wildman–Crippen MR) is 64.7 cm³/mol.